The van der Waals surface area contributed by atoms with Crippen molar-refractivity contribution in [1.29, 1.82) is 0 Å². The largest absolute Gasteiger partial charge is 0.347 e. The minimum absolute atomic E-state index is 0.0816. The fourth-order valence-corrected chi connectivity index (χ4v) is 2.71. The zero-order valence-electron chi connectivity index (χ0n) is 9.99. The van der Waals surface area contributed by atoms with Crippen molar-refractivity contribution in [3.05, 3.63) is 51.5 Å². The summed E-state index contributed by atoms with van der Waals surface area (Å²) in [4.78, 5) is 21.5. The Kier molecular flexibility index (Phi) is 3.21. The number of nitrogens with zero attached hydrogens (tertiary/aromatic N) is 2. The molecule has 2 heterocycles. The van der Waals surface area contributed by atoms with Crippen molar-refractivity contribution in [2.45, 2.75) is 13.0 Å². The Morgan fingerprint density at radius 2 is 2.21 bits per heavy atom. The van der Waals surface area contributed by atoms with E-state index in [9.17, 15) is 4.79 Å². The van der Waals surface area contributed by atoms with Gasteiger partial charge in [-0.3, -0.25) is 4.79 Å². The molecule has 0 radical (unpaired) electrons. The van der Waals surface area contributed by atoms with Gasteiger partial charge in [0, 0.05) is 18.0 Å². The highest BCUT2D eigenvalue weighted by Crippen LogP contribution is 2.24. The van der Waals surface area contributed by atoms with E-state index >= 15 is 0 Å². The lowest BCUT2D eigenvalue weighted by molar-refractivity contribution is 0.0732. The molecule has 0 saturated carbocycles. The van der Waals surface area contributed by atoms with Crippen LogP contribution in [-0.4, -0.2) is 27.3 Å². The van der Waals surface area contributed by atoms with Crippen LogP contribution in [0.5, 0.6) is 0 Å². The van der Waals surface area contributed by atoms with Crippen molar-refractivity contribution in [1.82, 2.24) is 14.9 Å². The summed E-state index contributed by atoms with van der Waals surface area (Å²) in [5, 5.41) is 0.906. The van der Waals surface area contributed by atoms with E-state index in [-0.39, 0.29) is 5.91 Å². The fraction of sp³-hybridized carbons (Fsp3) is 0.231. The van der Waals surface area contributed by atoms with Crippen LogP contribution >= 0.6 is 23.2 Å². The van der Waals surface area contributed by atoms with E-state index in [0.717, 1.165) is 17.8 Å². The lowest BCUT2D eigenvalue weighted by Crippen LogP contribution is -2.36. The Morgan fingerprint density at radius 3 is 3.00 bits per heavy atom. The van der Waals surface area contributed by atoms with E-state index in [1.165, 1.54) is 0 Å². The van der Waals surface area contributed by atoms with Crippen LogP contribution in [0.3, 0.4) is 0 Å². The Hall–Kier alpha value is -1.52. The SMILES string of the molecule is O=C(c1ccc(Cl)cc1Cl)N1CCc2nc[nH]c2C1. The average Bonchev–Trinajstić information content (AvgIpc) is 2.85. The Labute approximate surface area is 120 Å². The van der Waals surface area contributed by atoms with Gasteiger partial charge in [-0.25, -0.2) is 4.98 Å². The number of halogens is 2. The minimum Gasteiger partial charge on any atom is -0.347 e. The van der Waals surface area contributed by atoms with Gasteiger partial charge < -0.3 is 9.88 Å². The molecule has 0 aliphatic carbocycles. The number of amides is 1. The van der Waals surface area contributed by atoms with Gasteiger partial charge in [0.25, 0.3) is 5.91 Å². The number of imidazole rings is 1. The maximum absolute atomic E-state index is 12.4. The normalized spacial score (nSPS) is 14.3. The molecule has 19 heavy (non-hydrogen) atoms. The summed E-state index contributed by atoms with van der Waals surface area (Å²) in [5.41, 5.74) is 2.50. The summed E-state index contributed by atoms with van der Waals surface area (Å²) in [6, 6.07) is 4.92. The third-order valence-electron chi connectivity index (χ3n) is 3.22. The maximum atomic E-state index is 12.4. The first-order valence-corrected chi connectivity index (χ1v) is 6.66. The average molecular weight is 296 g/mol. The second kappa shape index (κ2) is 4.87. The Bertz CT molecular complexity index is 639. The monoisotopic (exact) mass is 295 g/mol. The van der Waals surface area contributed by atoms with Gasteiger partial charge in [-0.05, 0) is 18.2 Å². The van der Waals surface area contributed by atoms with E-state index < -0.39 is 0 Å². The van der Waals surface area contributed by atoms with Gasteiger partial charge in [0.2, 0.25) is 0 Å². The maximum Gasteiger partial charge on any atom is 0.255 e. The number of carbonyl (C=O) groups is 1. The van der Waals surface area contributed by atoms with Crippen molar-refractivity contribution in [3.63, 3.8) is 0 Å². The lowest BCUT2D eigenvalue weighted by atomic mass is 10.1. The van der Waals surface area contributed by atoms with E-state index in [0.29, 0.717) is 28.7 Å². The summed E-state index contributed by atoms with van der Waals surface area (Å²) in [7, 11) is 0. The van der Waals surface area contributed by atoms with Crippen LogP contribution < -0.4 is 0 Å². The molecule has 4 nitrogen and oxygen atoms in total. The second-order valence-corrected chi connectivity index (χ2v) is 5.27. The first-order chi connectivity index (χ1) is 9.15. The number of hydrogen-bond acceptors (Lipinski definition) is 2. The van der Waals surface area contributed by atoms with E-state index in [4.69, 9.17) is 23.2 Å². The summed E-state index contributed by atoms with van der Waals surface area (Å²) >= 11 is 11.9. The van der Waals surface area contributed by atoms with Crippen molar-refractivity contribution in [3.8, 4) is 0 Å². The third-order valence-corrected chi connectivity index (χ3v) is 3.77. The molecule has 3 rings (SSSR count). The fourth-order valence-electron chi connectivity index (χ4n) is 2.22. The van der Waals surface area contributed by atoms with Crippen molar-refractivity contribution >= 4 is 29.1 Å². The second-order valence-electron chi connectivity index (χ2n) is 4.43. The zero-order chi connectivity index (χ0) is 13.4. The number of nitrogens with one attached hydrogen (secondary N) is 1. The number of aromatic nitrogens is 2. The number of benzene rings is 1. The Morgan fingerprint density at radius 1 is 1.37 bits per heavy atom. The molecule has 98 valence electrons. The molecule has 1 aromatic heterocycles. The minimum atomic E-state index is -0.0816. The van der Waals surface area contributed by atoms with Crippen LogP contribution in [0.25, 0.3) is 0 Å². The van der Waals surface area contributed by atoms with Crippen molar-refractivity contribution < 1.29 is 4.79 Å². The number of carbonyl (C=O) groups excluding carboxylic acids is 1. The molecular weight excluding hydrogens is 285 g/mol. The molecule has 1 N–H and O–H groups in total. The highest BCUT2D eigenvalue weighted by molar-refractivity contribution is 6.36. The first kappa shape index (κ1) is 12.5. The Balaban J connectivity index is 1.85. The van der Waals surface area contributed by atoms with Crippen LogP contribution in [0, 0.1) is 0 Å². The number of fused-ring (bicyclic) bond motifs is 1. The van der Waals surface area contributed by atoms with E-state index in [1.807, 2.05) is 0 Å². The predicted molar refractivity (Wildman–Crippen MR) is 73.5 cm³/mol. The topological polar surface area (TPSA) is 49.0 Å². The molecule has 0 atom stereocenters. The molecule has 1 aliphatic heterocycles. The molecule has 0 unspecified atom stereocenters. The van der Waals surface area contributed by atoms with Crippen LogP contribution in [-0.2, 0) is 13.0 Å². The standard InChI is InChI=1S/C13H11Cl2N3O/c14-8-1-2-9(10(15)5-8)13(19)18-4-3-11-12(6-18)17-7-16-11/h1-2,5,7H,3-4,6H2,(H,16,17). The highest BCUT2D eigenvalue weighted by Gasteiger charge is 2.24. The van der Waals surface area contributed by atoms with E-state index in [1.54, 1.807) is 29.4 Å². The molecule has 0 fully saturated rings. The number of rotatable bonds is 1. The van der Waals surface area contributed by atoms with Gasteiger partial charge in [0.15, 0.2) is 0 Å². The predicted octanol–water partition coefficient (Wildman–Crippen LogP) is 2.92. The zero-order valence-corrected chi connectivity index (χ0v) is 11.5. The smallest absolute Gasteiger partial charge is 0.255 e. The lowest BCUT2D eigenvalue weighted by Gasteiger charge is -2.26. The van der Waals surface area contributed by atoms with Gasteiger partial charge >= 0.3 is 0 Å². The molecule has 1 aliphatic rings. The summed E-state index contributed by atoms with van der Waals surface area (Å²) in [5.74, 6) is -0.0816. The number of hydrogen-bond donors (Lipinski definition) is 1. The summed E-state index contributed by atoms with van der Waals surface area (Å²) in [6.45, 7) is 1.18. The van der Waals surface area contributed by atoms with Crippen LogP contribution in [0.4, 0.5) is 0 Å². The van der Waals surface area contributed by atoms with Crippen molar-refractivity contribution in [2.24, 2.45) is 0 Å². The van der Waals surface area contributed by atoms with Gasteiger partial charge in [0.1, 0.15) is 0 Å². The van der Waals surface area contributed by atoms with Crippen LogP contribution in [0.2, 0.25) is 10.0 Å². The molecule has 0 spiro atoms. The van der Waals surface area contributed by atoms with Gasteiger partial charge in [0.05, 0.1) is 34.8 Å². The van der Waals surface area contributed by atoms with E-state index in [2.05, 4.69) is 9.97 Å². The van der Waals surface area contributed by atoms with Crippen LogP contribution in [0.15, 0.2) is 24.5 Å². The number of H-pyrrole nitrogens is 1. The quantitative estimate of drug-likeness (QED) is 0.879. The molecular formula is C13H11Cl2N3O. The molecule has 2 aromatic rings. The van der Waals surface area contributed by atoms with Crippen LogP contribution in [0.1, 0.15) is 21.7 Å². The first-order valence-electron chi connectivity index (χ1n) is 5.90. The van der Waals surface area contributed by atoms with Gasteiger partial charge in [-0.15, -0.1) is 0 Å². The molecule has 1 amide bonds. The molecule has 0 bridgehead atoms. The van der Waals surface area contributed by atoms with Crippen molar-refractivity contribution in [2.75, 3.05) is 6.54 Å². The van der Waals surface area contributed by atoms with Gasteiger partial charge in [-0.2, -0.15) is 0 Å². The highest BCUT2D eigenvalue weighted by atomic mass is 35.5. The number of aromatic amines is 1. The molecule has 0 saturated heterocycles. The van der Waals surface area contributed by atoms with Gasteiger partial charge in [-0.1, -0.05) is 23.2 Å². The molecule has 6 heteroatoms. The summed E-state index contributed by atoms with van der Waals surface area (Å²) < 4.78 is 0. The molecule has 1 aromatic carbocycles. The summed E-state index contributed by atoms with van der Waals surface area (Å²) in [6.07, 6.45) is 2.42. The third kappa shape index (κ3) is 2.33.